The van der Waals surface area contributed by atoms with Gasteiger partial charge in [0, 0.05) is 6.54 Å². The third-order valence-corrected chi connectivity index (χ3v) is 3.47. The Kier molecular flexibility index (Phi) is 8.51. The van der Waals surface area contributed by atoms with Crippen molar-refractivity contribution in [3.8, 4) is 0 Å². The second-order valence-electron chi connectivity index (χ2n) is 6.69. The van der Waals surface area contributed by atoms with Crippen molar-refractivity contribution in [3.63, 3.8) is 0 Å². The van der Waals surface area contributed by atoms with Gasteiger partial charge in [-0.2, -0.15) is 8.42 Å². The Hall–Kier alpha value is -2.33. The summed E-state index contributed by atoms with van der Waals surface area (Å²) in [5, 5.41) is 0.921. The average Bonchev–Trinajstić information content (AvgIpc) is 2.54. The molecule has 1 rings (SSSR count). The van der Waals surface area contributed by atoms with Gasteiger partial charge in [-0.3, -0.25) is 4.18 Å². The van der Waals surface area contributed by atoms with Crippen LogP contribution in [0.25, 0.3) is 0 Å². The van der Waals surface area contributed by atoms with Gasteiger partial charge in [-0.05, 0) is 32.8 Å². The molecule has 27 heavy (non-hydrogen) atoms. The number of carbonyl (C=O) groups is 2. The molecule has 0 unspecified atom stereocenters. The molecule has 1 N–H and O–H groups in total. The maximum atomic E-state index is 12.2. The molecule has 0 aromatic heterocycles. The lowest BCUT2D eigenvalue weighted by molar-refractivity contribution is 0.0107. The zero-order valence-electron chi connectivity index (χ0n) is 15.9. The maximum Gasteiger partial charge on any atom is 0.429 e. The summed E-state index contributed by atoms with van der Waals surface area (Å²) in [7, 11) is -3.58. The van der Waals surface area contributed by atoms with Crippen LogP contribution in [0.1, 0.15) is 32.8 Å². The molecule has 1 aromatic carbocycles. The molecule has 2 amide bonds. The van der Waals surface area contributed by atoms with Crippen molar-refractivity contribution in [1.82, 2.24) is 10.4 Å². The van der Waals surface area contributed by atoms with Gasteiger partial charge in [-0.25, -0.2) is 20.0 Å². The minimum atomic E-state index is -3.58. The molecule has 1 aromatic rings. The predicted octanol–water partition coefficient (Wildman–Crippen LogP) is 2.43. The van der Waals surface area contributed by atoms with Gasteiger partial charge >= 0.3 is 12.2 Å². The second kappa shape index (κ2) is 10.1. The number of hydrogen-bond donors (Lipinski definition) is 1. The van der Waals surface area contributed by atoms with E-state index in [1.54, 1.807) is 32.9 Å². The van der Waals surface area contributed by atoms with Crippen LogP contribution in [0.3, 0.4) is 0 Å². The summed E-state index contributed by atoms with van der Waals surface area (Å²) < 4.78 is 36.9. The molecule has 0 atom stereocenters. The monoisotopic (exact) mass is 402 g/mol. The topological polar surface area (TPSA) is 111 Å². The summed E-state index contributed by atoms with van der Waals surface area (Å²) in [6.07, 6.45) is -0.546. The maximum absolute atomic E-state index is 12.2. The zero-order chi connectivity index (χ0) is 20.5. The lowest BCUT2D eigenvalue weighted by atomic mass is 10.2. The number of carbonyl (C=O) groups excluding carboxylic acids is 2. The Morgan fingerprint density at radius 3 is 2.33 bits per heavy atom. The van der Waals surface area contributed by atoms with Crippen molar-refractivity contribution in [2.45, 2.75) is 39.4 Å². The summed E-state index contributed by atoms with van der Waals surface area (Å²) in [6, 6.07) is 9.05. The second-order valence-corrected chi connectivity index (χ2v) is 8.33. The lowest BCUT2D eigenvalue weighted by Gasteiger charge is -2.27. The molecule has 0 aliphatic rings. The van der Waals surface area contributed by atoms with E-state index in [0.717, 1.165) is 16.8 Å². The summed E-state index contributed by atoms with van der Waals surface area (Å²) in [6.45, 7) is 4.92. The van der Waals surface area contributed by atoms with E-state index in [1.165, 1.54) is 0 Å². The van der Waals surface area contributed by atoms with Gasteiger partial charge in [0.1, 0.15) is 12.2 Å². The van der Waals surface area contributed by atoms with Crippen molar-refractivity contribution in [1.29, 1.82) is 0 Å². The smallest absolute Gasteiger partial charge is 0.429 e. The quantitative estimate of drug-likeness (QED) is 0.423. The molecule has 0 bridgehead atoms. The van der Waals surface area contributed by atoms with Crippen LogP contribution in [-0.2, 0) is 30.4 Å². The first kappa shape index (κ1) is 22.7. The van der Waals surface area contributed by atoms with Gasteiger partial charge in [0.05, 0.1) is 12.9 Å². The molecular weight excluding hydrogens is 376 g/mol. The first-order valence-electron chi connectivity index (χ1n) is 8.28. The van der Waals surface area contributed by atoms with E-state index < -0.39 is 27.9 Å². The van der Waals surface area contributed by atoms with Gasteiger partial charge in [0.25, 0.3) is 10.1 Å². The number of nitrogens with zero attached hydrogens (tertiary/aromatic N) is 1. The van der Waals surface area contributed by atoms with Gasteiger partial charge in [0.2, 0.25) is 0 Å². The Morgan fingerprint density at radius 2 is 1.78 bits per heavy atom. The molecular formula is C17H26N2O7S. The van der Waals surface area contributed by atoms with Crippen LogP contribution in [0.5, 0.6) is 0 Å². The van der Waals surface area contributed by atoms with Crippen LogP contribution in [0.2, 0.25) is 0 Å². The van der Waals surface area contributed by atoms with Crippen molar-refractivity contribution >= 4 is 22.3 Å². The summed E-state index contributed by atoms with van der Waals surface area (Å²) >= 11 is 0. The Balaban J connectivity index is 2.60. The molecule has 0 aliphatic carbocycles. The van der Waals surface area contributed by atoms with Crippen LogP contribution in [0.15, 0.2) is 30.3 Å². The van der Waals surface area contributed by atoms with E-state index in [9.17, 15) is 18.0 Å². The lowest BCUT2D eigenvalue weighted by Crippen LogP contribution is -2.49. The summed E-state index contributed by atoms with van der Waals surface area (Å²) in [4.78, 5) is 24.2. The van der Waals surface area contributed by atoms with E-state index in [2.05, 4.69) is 9.61 Å². The Morgan fingerprint density at radius 1 is 1.15 bits per heavy atom. The normalized spacial score (nSPS) is 11.6. The number of rotatable bonds is 7. The molecule has 0 aliphatic heterocycles. The zero-order valence-corrected chi connectivity index (χ0v) is 16.7. The fourth-order valence-corrected chi connectivity index (χ4v) is 2.23. The van der Waals surface area contributed by atoms with E-state index >= 15 is 0 Å². The number of benzene rings is 1. The largest absolute Gasteiger partial charge is 0.443 e. The first-order chi connectivity index (χ1) is 12.5. The van der Waals surface area contributed by atoms with E-state index in [0.29, 0.717) is 0 Å². The molecule has 0 fully saturated rings. The van der Waals surface area contributed by atoms with Crippen molar-refractivity contribution in [3.05, 3.63) is 35.9 Å². The average molecular weight is 402 g/mol. The van der Waals surface area contributed by atoms with Gasteiger partial charge < -0.3 is 9.47 Å². The van der Waals surface area contributed by atoms with Crippen LogP contribution in [-0.4, -0.2) is 50.6 Å². The summed E-state index contributed by atoms with van der Waals surface area (Å²) in [5.41, 5.74) is 2.32. The van der Waals surface area contributed by atoms with E-state index in [4.69, 9.17) is 9.47 Å². The minimum absolute atomic E-state index is 0.0229. The fourth-order valence-electron chi connectivity index (χ4n) is 1.81. The van der Waals surface area contributed by atoms with Crippen LogP contribution in [0, 0.1) is 0 Å². The number of ether oxygens (including phenoxy) is 2. The SMILES string of the molecule is CC(C)(C)OC(=O)N(CCCOS(C)(=O)=O)NC(=O)OCc1ccccc1. The molecule has 0 saturated carbocycles. The van der Waals surface area contributed by atoms with Gasteiger partial charge in [0.15, 0.2) is 0 Å². The van der Waals surface area contributed by atoms with Crippen molar-refractivity contribution < 1.29 is 31.7 Å². The molecule has 0 heterocycles. The highest BCUT2D eigenvalue weighted by Gasteiger charge is 2.24. The molecule has 0 spiro atoms. The molecule has 0 saturated heterocycles. The number of nitrogens with one attached hydrogen (secondary N) is 1. The highest BCUT2D eigenvalue weighted by atomic mass is 32.2. The molecule has 10 heteroatoms. The number of hydrazine groups is 1. The first-order valence-corrected chi connectivity index (χ1v) is 10.1. The highest BCUT2D eigenvalue weighted by molar-refractivity contribution is 7.85. The highest BCUT2D eigenvalue weighted by Crippen LogP contribution is 2.10. The van der Waals surface area contributed by atoms with Crippen molar-refractivity contribution in [2.24, 2.45) is 0 Å². The Labute approximate surface area is 159 Å². The molecule has 9 nitrogen and oxygen atoms in total. The van der Waals surface area contributed by atoms with Crippen LogP contribution in [0.4, 0.5) is 9.59 Å². The van der Waals surface area contributed by atoms with Crippen molar-refractivity contribution in [2.75, 3.05) is 19.4 Å². The third-order valence-electron chi connectivity index (χ3n) is 2.88. The number of hydrogen-bond acceptors (Lipinski definition) is 7. The molecule has 152 valence electrons. The van der Waals surface area contributed by atoms with Gasteiger partial charge in [-0.1, -0.05) is 30.3 Å². The van der Waals surface area contributed by atoms with Gasteiger partial charge in [-0.15, -0.1) is 0 Å². The molecule has 0 radical (unpaired) electrons. The standard InChI is InChI=1S/C17H26N2O7S/c1-17(2,3)26-16(21)19(11-8-12-25-27(4,22)23)18-15(20)24-13-14-9-6-5-7-10-14/h5-7,9-10H,8,11-13H2,1-4H3,(H,18,20). The fraction of sp³-hybridized carbons (Fsp3) is 0.529. The van der Waals surface area contributed by atoms with E-state index in [1.807, 2.05) is 18.2 Å². The summed E-state index contributed by atoms with van der Waals surface area (Å²) in [5.74, 6) is 0. The predicted molar refractivity (Wildman–Crippen MR) is 98.1 cm³/mol. The van der Waals surface area contributed by atoms with Crippen LogP contribution < -0.4 is 5.43 Å². The minimum Gasteiger partial charge on any atom is -0.443 e. The number of amides is 2. The van der Waals surface area contributed by atoms with Crippen LogP contribution >= 0.6 is 0 Å². The van der Waals surface area contributed by atoms with E-state index in [-0.39, 0.29) is 26.2 Å². The Bertz CT molecular complexity index is 715. The third kappa shape index (κ3) is 11.1.